The molecule has 2 aliphatic heterocycles. The van der Waals surface area contributed by atoms with Crippen LogP contribution in [0.5, 0.6) is 0 Å². The first-order valence-electron chi connectivity index (χ1n) is 5.29. The van der Waals surface area contributed by atoms with Crippen molar-refractivity contribution in [1.82, 2.24) is 4.90 Å². The van der Waals surface area contributed by atoms with Crippen molar-refractivity contribution >= 4 is 11.9 Å². The van der Waals surface area contributed by atoms with Gasteiger partial charge in [-0.05, 0) is 25.7 Å². The molecule has 15 heavy (non-hydrogen) atoms. The Labute approximate surface area is 87.7 Å². The maximum atomic E-state index is 11.6. The number of amides is 1. The van der Waals surface area contributed by atoms with Crippen LogP contribution in [0, 0.1) is 0 Å². The fourth-order valence-electron chi connectivity index (χ4n) is 2.78. The van der Waals surface area contributed by atoms with E-state index in [1.165, 1.54) is 0 Å². The summed E-state index contributed by atoms with van der Waals surface area (Å²) in [5, 5.41) is 18.1. The van der Waals surface area contributed by atoms with Gasteiger partial charge in [-0.2, -0.15) is 0 Å². The third-order valence-electron chi connectivity index (χ3n) is 3.30. The topological polar surface area (TPSA) is 77.8 Å². The number of carboxylic acid groups (broad SMARTS) is 1. The van der Waals surface area contributed by atoms with E-state index in [1.807, 2.05) is 0 Å². The molecular formula is C10H15NO4. The molecular weight excluding hydrogens is 198 g/mol. The van der Waals surface area contributed by atoms with E-state index < -0.39 is 12.4 Å². The molecule has 2 rings (SSSR count). The Balaban J connectivity index is 2.04. The number of aliphatic carboxylic acids is 1. The van der Waals surface area contributed by atoms with Gasteiger partial charge in [0.2, 0.25) is 5.91 Å². The molecule has 0 aromatic heterocycles. The van der Waals surface area contributed by atoms with Crippen LogP contribution >= 0.6 is 0 Å². The van der Waals surface area contributed by atoms with Crippen molar-refractivity contribution < 1.29 is 19.8 Å². The zero-order chi connectivity index (χ0) is 11.0. The molecule has 5 nitrogen and oxygen atoms in total. The number of hydrogen-bond acceptors (Lipinski definition) is 3. The van der Waals surface area contributed by atoms with Crippen LogP contribution in [0.15, 0.2) is 0 Å². The molecule has 0 aromatic carbocycles. The fourth-order valence-corrected chi connectivity index (χ4v) is 2.78. The standard InChI is InChI=1S/C10H15NO4/c12-8-3-6-1-2-7(4-8)11(6)9(13)5-10(14)15/h6-8,12H,1-5H2,(H,14,15). The second-order valence-electron chi connectivity index (χ2n) is 4.38. The molecule has 5 heteroatoms. The molecule has 2 unspecified atom stereocenters. The Morgan fingerprint density at radius 1 is 1.20 bits per heavy atom. The van der Waals surface area contributed by atoms with Crippen molar-refractivity contribution in [3.05, 3.63) is 0 Å². The molecule has 0 spiro atoms. The lowest BCUT2D eigenvalue weighted by atomic mass is 9.99. The Morgan fingerprint density at radius 3 is 2.20 bits per heavy atom. The van der Waals surface area contributed by atoms with Crippen LogP contribution < -0.4 is 0 Å². The van der Waals surface area contributed by atoms with Gasteiger partial charge in [0, 0.05) is 12.1 Å². The lowest BCUT2D eigenvalue weighted by Crippen LogP contribution is -2.48. The number of fused-ring (bicyclic) bond motifs is 2. The van der Waals surface area contributed by atoms with Gasteiger partial charge in [-0.15, -0.1) is 0 Å². The number of aliphatic hydroxyl groups excluding tert-OH is 1. The maximum absolute atomic E-state index is 11.6. The van der Waals surface area contributed by atoms with Gasteiger partial charge in [0.25, 0.3) is 0 Å². The zero-order valence-corrected chi connectivity index (χ0v) is 8.43. The highest BCUT2D eigenvalue weighted by Crippen LogP contribution is 2.35. The molecule has 0 aliphatic carbocycles. The van der Waals surface area contributed by atoms with E-state index in [1.54, 1.807) is 4.90 Å². The lowest BCUT2D eigenvalue weighted by molar-refractivity contribution is -0.147. The van der Waals surface area contributed by atoms with Gasteiger partial charge in [-0.1, -0.05) is 0 Å². The van der Waals surface area contributed by atoms with Crippen molar-refractivity contribution in [2.75, 3.05) is 0 Å². The minimum Gasteiger partial charge on any atom is -0.481 e. The zero-order valence-electron chi connectivity index (χ0n) is 8.43. The number of hydrogen-bond donors (Lipinski definition) is 2. The SMILES string of the molecule is O=C(O)CC(=O)N1C2CCC1CC(O)C2. The number of carbonyl (C=O) groups is 2. The molecule has 2 aliphatic rings. The second-order valence-corrected chi connectivity index (χ2v) is 4.38. The Kier molecular flexibility index (Phi) is 2.65. The van der Waals surface area contributed by atoms with E-state index in [0.29, 0.717) is 12.8 Å². The largest absolute Gasteiger partial charge is 0.481 e. The van der Waals surface area contributed by atoms with Crippen LogP contribution in [0.3, 0.4) is 0 Å². The number of piperidine rings is 1. The van der Waals surface area contributed by atoms with E-state index in [2.05, 4.69) is 0 Å². The average molecular weight is 213 g/mol. The molecule has 0 radical (unpaired) electrons. The summed E-state index contributed by atoms with van der Waals surface area (Å²) in [4.78, 5) is 23.8. The minimum absolute atomic E-state index is 0.0607. The van der Waals surface area contributed by atoms with Gasteiger partial charge in [-0.25, -0.2) is 0 Å². The molecule has 0 saturated carbocycles. The van der Waals surface area contributed by atoms with Crippen LogP contribution in [0.25, 0.3) is 0 Å². The summed E-state index contributed by atoms with van der Waals surface area (Å²) in [5.74, 6) is -1.38. The van der Waals surface area contributed by atoms with Gasteiger partial charge in [0.05, 0.1) is 6.10 Å². The number of carbonyl (C=O) groups excluding carboxylic acids is 1. The normalized spacial score (nSPS) is 34.2. The molecule has 2 atom stereocenters. The van der Waals surface area contributed by atoms with Crippen molar-refractivity contribution in [3.63, 3.8) is 0 Å². The van der Waals surface area contributed by atoms with Crippen molar-refractivity contribution in [2.24, 2.45) is 0 Å². The Hall–Kier alpha value is -1.10. The van der Waals surface area contributed by atoms with Crippen LogP contribution in [0.2, 0.25) is 0 Å². The number of carboxylic acids is 1. The number of aliphatic hydroxyl groups is 1. The summed E-state index contributed by atoms with van der Waals surface area (Å²) >= 11 is 0. The van der Waals surface area contributed by atoms with Gasteiger partial charge < -0.3 is 15.1 Å². The number of nitrogens with zero attached hydrogens (tertiary/aromatic N) is 1. The molecule has 84 valence electrons. The van der Waals surface area contributed by atoms with E-state index in [-0.39, 0.29) is 24.1 Å². The van der Waals surface area contributed by atoms with E-state index in [9.17, 15) is 14.7 Å². The van der Waals surface area contributed by atoms with E-state index in [4.69, 9.17) is 5.11 Å². The van der Waals surface area contributed by atoms with Gasteiger partial charge in [0.15, 0.2) is 0 Å². The Morgan fingerprint density at radius 2 is 1.73 bits per heavy atom. The predicted octanol–water partition coefficient (Wildman–Crippen LogP) is -0.0246. The fraction of sp³-hybridized carbons (Fsp3) is 0.800. The van der Waals surface area contributed by atoms with Crippen molar-refractivity contribution in [2.45, 2.75) is 50.3 Å². The molecule has 2 heterocycles. The van der Waals surface area contributed by atoms with Crippen LogP contribution in [-0.2, 0) is 9.59 Å². The molecule has 2 fully saturated rings. The first kappa shape index (κ1) is 10.4. The molecule has 0 aromatic rings. The maximum Gasteiger partial charge on any atom is 0.312 e. The predicted molar refractivity (Wildman–Crippen MR) is 51.1 cm³/mol. The van der Waals surface area contributed by atoms with E-state index >= 15 is 0 Å². The smallest absolute Gasteiger partial charge is 0.312 e. The third-order valence-corrected chi connectivity index (χ3v) is 3.30. The molecule has 2 bridgehead atoms. The summed E-state index contributed by atoms with van der Waals surface area (Å²) in [7, 11) is 0. The summed E-state index contributed by atoms with van der Waals surface area (Å²) in [6, 6.07) is 0.121. The molecule has 2 N–H and O–H groups in total. The van der Waals surface area contributed by atoms with Gasteiger partial charge in [0.1, 0.15) is 6.42 Å². The highest BCUT2D eigenvalue weighted by molar-refractivity contribution is 5.93. The second kappa shape index (κ2) is 3.81. The Bertz CT molecular complexity index is 277. The summed E-state index contributed by atoms with van der Waals surface area (Å²) < 4.78 is 0. The van der Waals surface area contributed by atoms with Gasteiger partial charge in [-0.3, -0.25) is 9.59 Å². The summed E-state index contributed by atoms with van der Waals surface area (Å²) in [5.41, 5.74) is 0. The van der Waals surface area contributed by atoms with Crippen molar-refractivity contribution in [3.8, 4) is 0 Å². The molecule has 2 saturated heterocycles. The highest BCUT2D eigenvalue weighted by atomic mass is 16.4. The monoisotopic (exact) mass is 213 g/mol. The van der Waals surface area contributed by atoms with E-state index in [0.717, 1.165) is 12.8 Å². The summed E-state index contributed by atoms with van der Waals surface area (Å²) in [6.07, 6.45) is 2.24. The first-order chi connectivity index (χ1) is 7.08. The minimum atomic E-state index is -1.08. The molecule has 1 amide bonds. The average Bonchev–Trinajstić information content (AvgIpc) is 2.38. The number of rotatable bonds is 2. The lowest BCUT2D eigenvalue weighted by Gasteiger charge is -2.36. The van der Waals surface area contributed by atoms with Gasteiger partial charge >= 0.3 is 5.97 Å². The first-order valence-corrected chi connectivity index (χ1v) is 5.29. The quantitative estimate of drug-likeness (QED) is 0.632. The van der Waals surface area contributed by atoms with Crippen molar-refractivity contribution in [1.29, 1.82) is 0 Å². The van der Waals surface area contributed by atoms with Crippen LogP contribution in [0.4, 0.5) is 0 Å². The highest BCUT2D eigenvalue weighted by Gasteiger charge is 2.42. The third kappa shape index (κ3) is 1.97. The van der Waals surface area contributed by atoms with Crippen LogP contribution in [0.1, 0.15) is 32.1 Å². The van der Waals surface area contributed by atoms with Crippen LogP contribution in [-0.4, -0.2) is 45.2 Å². The summed E-state index contributed by atoms with van der Waals surface area (Å²) in [6.45, 7) is 0.